The number of aryl methyl sites for hydroxylation is 1. The molecule has 1 N–H and O–H groups in total. The number of nitrogens with zero attached hydrogens (tertiary/aromatic N) is 1. The number of carbonyl (C=O) groups is 2. The normalized spacial score (nSPS) is 20.1. The van der Waals surface area contributed by atoms with Crippen LogP contribution in [0.2, 0.25) is 0 Å². The van der Waals surface area contributed by atoms with Crippen LogP contribution in [0, 0.1) is 6.92 Å². The van der Waals surface area contributed by atoms with Gasteiger partial charge in [0.25, 0.3) is 5.91 Å². The summed E-state index contributed by atoms with van der Waals surface area (Å²) in [7, 11) is 0. The van der Waals surface area contributed by atoms with E-state index in [1.807, 2.05) is 55.5 Å². The summed E-state index contributed by atoms with van der Waals surface area (Å²) >= 11 is 0. The minimum atomic E-state index is -0.551. The van der Waals surface area contributed by atoms with Crippen LogP contribution in [0.15, 0.2) is 48.5 Å². The Kier molecular flexibility index (Phi) is 5.98. The molecular weight excluding hydrogens is 360 g/mol. The summed E-state index contributed by atoms with van der Waals surface area (Å²) in [5.41, 5.74) is 3.70. The number of nitrogens with one attached hydrogen (secondary N) is 1. The molecule has 4 nitrogen and oxygen atoms in total. The second-order valence-electron chi connectivity index (χ2n) is 8.46. The molecule has 1 atom stereocenters. The number of benzene rings is 2. The first-order valence-corrected chi connectivity index (χ1v) is 10.9. The summed E-state index contributed by atoms with van der Waals surface area (Å²) in [5.74, 6) is -0.0972. The van der Waals surface area contributed by atoms with Gasteiger partial charge in [-0.05, 0) is 37.0 Å². The number of hydrogen-bond acceptors (Lipinski definition) is 2. The van der Waals surface area contributed by atoms with E-state index in [0.717, 1.165) is 36.8 Å². The molecule has 0 bridgehead atoms. The van der Waals surface area contributed by atoms with Gasteiger partial charge < -0.3 is 10.2 Å². The Morgan fingerprint density at radius 2 is 1.62 bits per heavy atom. The monoisotopic (exact) mass is 390 g/mol. The zero-order valence-corrected chi connectivity index (χ0v) is 17.2. The first-order chi connectivity index (χ1) is 14.1. The van der Waals surface area contributed by atoms with Gasteiger partial charge in [-0.2, -0.15) is 0 Å². The molecule has 152 valence electrons. The Balaban J connectivity index is 1.57. The van der Waals surface area contributed by atoms with Gasteiger partial charge in [0, 0.05) is 18.2 Å². The Labute approximate surface area is 173 Å². The third kappa shape index (κ3) is 4.36. The zero-order chi connectivity index (χ0) is 20.2. The van der Waals surface area contributed by atoms with Gasteiger partial charge in [-0.1, -0.05) is 80.1 Å². The highest BCUT2D eigenvalue weighted by Gasteiger charge is 2.41. The Bertz CT molecular complexity index is 867. The molecule has 0 spiro atoms. The van der Waals surface area contributed by atoms with Crippen LogP contribution in [0.25, 0.3) is 0 Å². The van der Waals surface area contributed by atoms with Gasteiger partial charge in [-0.15, -0.1) is 0 Å². The second-order valence-corrected chi connectivity index (χ2v) is 8.46. The number of rotatable bonds is 4. The number of amides is 2. The maximum atomic E-state index is 13.4. The third-order valence-electron chi connectivity index (χ3n) is 6.23. The molecular formula is C25H30N2O2. The standard InChI is InChI=1S/C25H30N2O2/c1-18-13-15-19(16-14-18)17-27-23(21-11-7-8-12-22(21)25(27)29)24(28)26-20-9-5-3-2-4-6-10-20/h7-8,11-16,20,23H,2-6,9-10,17H2,1H3,(H,26,28)/t23-/m0/s1. The van der Waals surface area contributed by atoms with E-state index < -0.39 is 6.04 Å². The Hall–Kier alpha value is -2.62. The Morgan fingerprint density at radius 1 is 0.966 bits per heavy atom. The summed E-state index contributed by atoms with van der Waals surface area (Å²) in [6.45, 7) is 2.49. The highest BCUT2D eigenvalue weighted by molar-refractivity contribution is 6.04. The van der Waals surface area contributed by atoms with Crippen molar-refractivity contribution in [2.75, 3.05) is 0 Å². The van der Waals surface area contributed by atoms with Crippen LogP contribution in [0.3, 0.4) is 0 Å². The van der Waals surface area contributed by atoms with E-state index in [1.165, 1.54) is 24.8 Å². The average Bonchev–Trinajstić information content (AvgIpc) is 2.98. The number of hydrogen-bond donors (Lipinski definition) is 1. The van der Waals surface area contributed by atoms with Crippen molar-refractivity contribution in [1.82, 2.24) is 10.2 Å². The van der Waals surface area contributed by atoms with Crippen LogP contribution in [0.5, 0.6) is 0 Å². The molecule has 1 saturated carbocycles. The highest BCUT2D eigenvalue weighted by atomic mass is 16.2. The summed E-state index contributed by atoms with van der Waals surface area (Å²) in [4.78, 5) is 28.2. The first-order valence-electron chi connectivity index (χ1n) is 10.9. The summed E-state index contributed by atoms with van der Waals surface area (Å²) in [6.07, 6.45) is 8.19. The second kappa shape index (κ2) is 8.81. The molecule has 2 amide bonds. The fraction of sp³-hybridized carbons (Fsp3) is 0.440. The van der Waals surface area contributed by atoms with Gasteiger partial charge in [0.05, 0.1) is 0 Å². The van der Waals surface area contributed by atoms with Crippen molar-refractivity contribution < 1.29 is 9.59 Å². The first kappa shape index (κ1) is 19.7. The van der Waals surface area contributed by atoms with Gasteiger partial charge in [-0.3, -0.25) is 9.59 Å². The molecule has 1 heterocycles. The molecule has 1 aliphatic heterocycles. The van der Waals surface area contributed by atoms with E-state index >= 15 is 0 Å². The van der Waals surface area contributed by atoms with Crippen molar-refractivity contribution in [3.63, 3.8) is 0 Å². The van der Waals surface area contributed by atoms with Crippen molar-refractivity contribution in [1.29, 1.82) is 0 Å². The summed E-state index contributed by atoms with van der Waals surface area (Å²) in [6, 6.07) is 15.4. The molecule has 2 aliphatic rings. The molecule has 1 aliphatic carbocycles. The molecule has 0 aromatic heterocycles. The van der Waals surface area contributed by atoms with Crippen LogP contribution in [-0.2, 0) is 11.3 Å². The van der Waals surface area contributed by atoms with E-state index in [0.29, 0.717) is 12.1 Å². The maximum Gasteiger partial charge on any atom is 0.255 e. The maximum absolute atomic E-state index is 13.4. The summed E-state index contributed by atoms with van der Waals surface area (Å²) < 4.78 is 0. The Morgan fingerprint density at radius 3 is 2.34 bits per heavy atom. The van der Waals surface area contributed by atoms with E-state index in [2.05, 4.69) is 5.32 Å². The lowest BCUT2D eigenvalue weighted by Gasteiger charge is -2.28. The SMILES string of the molecule is Cc1ccc(CN2C(=O)c3ccccc3[C@H]2C(=O)NC2CCCCCCC2)cc1. The average molecular weight is 391 g/mol. The third-order valence-corrected chi connectivity index (χ3v) is 6.23. The predicted octanol–water partition coefficient (Wildman–Crippen LogP) is 4.92. The molecule has 2 aromatic carbocycles. The quantitative estimate of drug-likeness (QED) is 0.805. The van der Waals surface area contributed by atoms with Crippen LogP contribution < -0.4 is 5.32 Å². The van der Waals surface area contributed by atoms with Crippen molar-refractivity contribution in [2.24, 2.45) is 0 Å². The molecule has 1 fully saturated rings. The predicted molar refractivity (Wildman–Crippen MR) is 114 cm³/mol. The lowest BCUT2D eigenvalue weighted by Crippen LogP contribution is -2.43. The lowest BCUT2D eigenvalue weighted by molar-refractivity contribution is -0.126. The van der Waals surface area contributed by atoms with E-state index in [-0.39, 0.29) is 17.9 Å². The van der Waals surface area contributed by atoms with Crippen molar-refractivity contribution in [3.05, 3.63) is 70.8 Å². The largest absolute Gasteiger partial charge is 0.351 e. The molecule has 29 heavy (non-hydrogen) atoms. The highest BCUT2D eigenvalue weighted by Crippen LogP contribution is 2.35. The van der Waals surface area contributed by atoms with Crippen LogP contribution in [0.4, 0.5) is 0 Å². The van der Waals surface area contributed by atoms with E-state index in [9.17, 15) is 9.59 Å². The summed E-state index contributed by atoms with van der Waals surface area (Å²) in [5, 5.41) is 3.28. The minimum Gasteiger partial charge on any atom is -0.351 e. The lowest BCUT2D eigenvalue weighted by atomic mass is 9.96. The van der Waals surface area contributed by atoms with Gasteiger partial charge >= 0.3 is 0 Å². The minimum absolute atomic E-state index is 0.0408. The van der Waals surface area contributed by atoms with Crippen LogP contribution >= 0.6 is 0 Å². The van der Waals surface area contributed by atoms with Crippen molar-refractivity contribution in [3.8, 4) is 0 Å². The van der Waals surface area contributed by atoms with Crippen LogP contribution in [0.1, 0.15) is 78.0 Å². The molecule has 0 saturated heterocycles. The van der Waals surface area contributed by atoms with E-state index in [4.69, 9.17) is 0 Å². The van der Waals surface area contributed by atoms with Crippen LogP contribution in [-0.4, -0.2) is 22.8 Å². The number of fused-ring (bicyclic) bond motifs is 1. The fourth-order valence-electron chi connectivity index (χ4n) is 4.59. The topological polar surface area (TPSA) is 49.4 Å². The smallest absolute Gasteiger partial charge is 0.255 e. The van der Waals surface area contributed by atoms with Gasteiger partial charge in [0.15, 0.2) is 0 Å². The molecule has 0 unspecified atom stereocenters. The molecule has 0 radical (unpaired) electrons. The van der Waals surface area contributed by atoms with Gasteiger partial charge in [0.1, 0.15) is 6.04 Å². The molecule has 4 heteroatoms. The molecule has 4 rings (SSSR count). The van der Waals surface area contributed by atoms with Crippen molar-refractivity contribution in [2.45, 2.75) is 70.5 Å². The fourth-order valence-corrected chi connectivity index (χ4v) is 4.59. The van der Waals surface area contributed by atoms with Gasteiger partial charge in [0.2, 0.25) is 5.91 Å². The zero-order valence-electron chi connectivity index (χ0n) is 17.2. The van der Waals surface area contributed by atoms with Gasteiger partial charge in [-0.25, -0.2) is 0 Å². The number of carbonyl (C=O) groups excluding carboxylic acids is 2. The van der Waals surface area contributed by atoms with Crippen molar-refractivity contribution >= 4 is 11.8 Å². The van der Waals surface area contributed by atoms with E-state index in [1.54, 1.807) is 4.90 Å². The molecule has 2 aromatic rings.